The number of tetrazole rings is 1. The number of rotatable bonds is 8. The molecule has 0 spiro atoms. The van der Waals surface area contributed by atoms with E-state index in [2.05, 4.69) is 36.2 Å². The lowest BCUT2D eigenvalue weighted by Gasteiger charge is -2.49. The summed E-state index contributed by atoms with van der Waals surface area (Å²) < 4.78 is 0.969. The minimum Gasteiger partial charge on any atom is -0.477 e. The van der Waals surface area contributed by atoms with Gasteiger partial charge in [0.05, 0.1) is 17.5 Å². The number of fused-ring (bicyclic) bond motifs is 2. The molecule has 2 aliphatic rings. The molecule has 3 amide bonds. The van der Waals surface area contributed by atoms with Crippen molar-refractivity contribution in [1.29, 1.82) is 0 Å². The number of H-pyrrole nitrogens is 2. The third kappa shape index (κ3) is 5.03. The van der Waals surface area contributed by atoms with Crippen molar-refractivity contribution in [3.63, 3.8) is 0 Å². The number of aromatic nitrogens is 6. The van der Waals surface area contributed by atoms with Crippen LogP contribution in [0.25, 0.3) is 11.0 Å². The molecule has 2 aromatic heterocycles. The van der Waals surface area contributed by atoms with Gasteiger partial charge in [0.15, 0.2) is 0 Å². The second-order valence-electron chi connectivity index (χ2n) is 9.24. The number of aromatic amines is 2. The maximum absolute atomic E-state index is 13.0. The highest BCUT2D eigenvalue weighted by Gasteiger charge is 2.54. The fourth-order valence-electron chi connectivity index (χ4n) is 4.78. The first-order valence-electron chi connectivity index (χ1n) is 12.5. The van der Waals surface area contributed by atoms with E-state index in [1.165, 1.54) is 28.4 Å². The number of aliphatic carboxylic acids is 1. The van der Waals surface area contributed by atoms with Crippen LogP contribution < -0.4 is 16.3 Å². The minimum atomic E-state index is -1.24. The molecule has 42 heavy (non-hydrogen) atoms. The van der Waals surface area contributed by atoms with Gasteiger partial charge in [0, 0.05) is 17.2 Å². The Morgan fingerprint density at radius 3 is 2.69 bits per heavy atom. The van der Waals surface area contributed by atoms with Crippen LogP contribution in [0.2, 0.25) is 0 Å². The van der Waals surface area contributed by atoms with Crippen molar-refractivity contribution in [2.24, 2.45) is 0 Å². The Bertz CT molecular complexity index is 1820. The molecule has 1 unspecified atom stereocenters. The Morgan fingerprint density at radius 2 is 1.90 bits per heavy atom. The molecule has 0 saturated carbocycles. The Labute approximate surface area is 244 Å². The normalized spacial score (nSPS) is 18.0. The van der Waals surface area contributed by atoms with E-state index in [1.54, 1.807) is 48.5 Å². The number of carbonyl (C=O) groups is 4. The number of carbonyl (C=O) groups excluding carboxylic acids is 3. The lowest BCUT2D eigenvalue weighted by atomic mass is 10.0. The Morgan fingerprint density at radius 1 is 1.12 bits per heavy atom. The highest BCUT2D eigenvalue weighted by atomic mass is 32.2. The minimum absolute atomic E-state index is 0.106. The highest BCUT2D eigenvalue weighted by molar-refractivity contribution is 8.01. The smallest absolute Gasteiger partial charge is 0.352 e. The molecule has 214 valence electrons. The number of nitrogens with zero attached hydrogens (tertiary/aromatic N) is 5. The van der Waals surface area contributed by atoms with Gasteiger partial charge in [0.25, 0.3) is 5.91 Å². The molecule has 2 aromatic carbocycles. The van der Waals surface area contributed by atoms with Crippen molar-refractivity contribution in [1.82, 2.24) is 40.4 Å². The van der Waals surface area contributed by atoms with E-state index >= 15 is 0 Å². The van der Waals surface area contributed by atoms with Crippen molar-refractivity contribution in [3.05, 3.63) is 75.8 Å². The Hall–Kier alpha value is -4.90. The SMILES string of the molecule is O=C(Cc1ccccc1NC(=O)n1c(=O)[nH]c2ccccc21)NC1C(=O)N2C(C(=O)O)=C(CSc3nn[nH]n3)CS[C@H]12. The van der Waals surface area contributed by atoms with Gasteiger partial charge in [0.1, 0.15) is 17.1 Å². The maximum atomic E-state index is 13.0. The molecule has 17 heteroatoms. The second-order valence-corrected chi connectivity index (χ2v) is 11.3. The largest absolute Gasteiger partial charge is 0.477 e. The number of imidazole rings is 1. The van der Waals surface area contributed by atoms with Gasteiger partial charge in [-0.2, -0.15) is 5.21 Å². The lowest BCUT2D eigenvalue weighted by molar-refractivity contribution is -0.150. The Balaban J connectivity index is 1.13. The van der Waals surface area contributed by atoms with E-state index in [0.717, 1.165) is 4.57 Å². The quantitative estimate of drug-likeness (QED) is 0.141. The number of carboxylic acids is 1. The number of benzene rings is 2. The van der Waals surface area contributed by atoms with Crippen LogP contribution in [0.15, 0.2) is 69.8 Å². The van der Waals surface area contributed by atoms with E-state index in [-0.39, 0.29) is 17.9 Å². The third-order valence-electron chi connectivity index (χ3n) is 6.67. The van der Waals surface area contributed by atoms with Crippen LogP contribution in [0.5, 0.6) is 0 Å². The summed E-state index contributed by atoms with van der Waals surface area (Å²) in [5, 5.41) is 28.5. The van der Waals surface area contributed by atoms with Crippen LogP contribution in [0.3, 0.4) is 0 Å². The molecule has 2 aliphatic heterocycles. The van der Waals surface area contributed by atoms with Gasteiger partial charge in [0.2, 0.25) is 11.1 Å². The second kappa shape index (κ2) is 11.2. The molecule has 15 nitrogen and oxygen atoms in total. The fraction of sp³-hybridized carbons (Fsp3) is 0.200. The predicted molar refractivity (Wildman–Crippen MR) is 152 cm³/mol. The lowest BCUT2D eigenvalue weighted by Crippen LogP contribution is -2.70. The zero-order valence-corrected chi connectivity index (χ0v) is 23.1. The molecule has 0 aliphatic carbocycles. The molecule has 5 N–H and O–H groups in total. The van der Waals surface area contributed by atoms with Crippen molar-refractivity contribution in [2.45, 2.75) is 23.0 Å². The maximum Gasteiger partial charge on any atom is 0.352 e. The van der Waals surface area contributed by atoms with Crippen molar-refractivity contribution in [3.8, 4) is 0 Å². The van der Waals surface area contributed by atoms with Crippen LogP contribution in [-0.2, 0) is 20.8 Å². The monoisotopic (exact) mass is 607 g/mol. The number of nitrogens with one attached hydrogen (secondary N) is 4. The first-order valence-corrected chi connectivity index (χ1v) is 14.5. The van der Waals surface area contributed by atoms with Crippen LogP contribution in [0.1, 0.15) is 5.56 Å². The number of thioether (sulfide) groups is 2. The molecule has 6 rings (SSSR count). The molecule has 2 atom stereocenters. The molecule has 4 heterocycles. The summed E-state index contributed by atoms with van der Waals surface area (Å²) in [5.74, 6) is -1.65. The van der Waals surface area contributed by atoms with Crippen molar-refractivity contribution in [2.75, 3.05) is 16.8 Å². The number of amides is 3. The van der Waals surface area contributed by atoms with Gasteiger partial charge in [-0.05, 0) is 34.5 Å². The van der Waals surface area contributed by atoms with E-state index in [9.17, 15) is 29.1 Å². The first kappa shape index (κ1) is 27.3. The number of hydrogen-bond donors (Lipinski definition) is 5. The zero-order chi connectivity index (χ0) is 29.4. The van der Waals surface area contributed by atoms with Crippen LogP contribution in [0, 0.1) is 0 Å². The van der Waals surface area contributed by atoms with Gasteiger partial charge in [-0.25, -0.2) is 19.0 Å². The number of para-hydroxylation sites is 3. The van der Waals surface area contributed by atoms with Crippen LogP contribution in [-0.4, -0.2) is 86.9 Å². The van der Waals surface area contributed by atoms with E-state index in [4.69, 9.17) is 0 Å². The van der Waals surface area contributed by atoms with E-state index in [1.807, 2.05) is 0 Å². The average molecular weight is 608 g/mol. The van der Waals surface area contributed by atoms with E-state index < -0.39 is 40.9 Å². The summed E-state index contributed by atoms with van der Waals surface area (Å²) in [5.41, 5.74) is 1.52. The number of hydrogen-bond acceptors (Lipinski definition) is 10. The van der Waals surface area contributed by atoms with E-state index in [0.29, 0.717) is 38.8 Å². The summed E-state index contributed by atoms with van der Waals surface area (Å²) in [4.78, 5) is 67.4. The topological polar surface area (TPSA) is 208 Å². The first-order chi connectivity index (χ1) is 20.3. The van der Waals surface area contributed by atoms with Gasteiger partial charge >= 0.3 is 17.7 Å². The molecule has 1 fully saturated rings. The van der Waals surface area contributed by atoms with Crippen molar-refractivity contribution < 1.29 is 24.3 Å². The number of anilines is 1. The fourth-order valence-corrected chi connectivity index (χ4v) is 7.00. The molecular weight excluding hydrogens is 586 g/mol. The summed E-state index contributed by atoms with van der Waals surface area (Å²) in [7, 11) is 0. The van der Waals surface area contributed by atoms with Crippen molar-refractivity contribution >= 4 is 64.1 Å². The van der Waals surface area contributed by atoms with Gasteiger partial charge in [-0.3, -0.25) is 14.5 Å². The molecule has 1 saturated heterocycles. The molecule has 4 aromatic rings. The van der Waals surface area contributed by atoms with Gasteiger partial charge in [-0.1, -0.05) is 42.1 Å². The predicted octanol–water partition coefficient (Wildman–Crippen LogP) is 0.996. The molecule has 0 bridgehead atoms. The summed E-state index contributed by atoms with van der Waals surface area (Å²) in [6.07, 6.45) is -0.172. The Kier molecular flexibility index (Phi) is 7.26. The standard InChI is InChI=1S/C25H21N9O6S2/c35-17(9-12-5-1-2-6-14(12)26-24(39)33-16-8-4-3-7-15(16)27-25(33)40)28-18-20(36)34-19(22(37)38)13(10-41-21(18)34)11-42-23-29-31-32-30-23/h1-8,18,21H,9-11H2,(H,26,39)(H,27,40)(H,28,35)(H,37,38)(H,29,30,31,32)/t18?,21-/m1/s1. The molecule has 0 radical (unpaired) electrons. The average Bonchev–Trinajstić information content (AvgIpc) is 3.62. The van der Waals surface area contributed by atoms with Gasteiger partial charge in [-0.15, -0.1) is 22.0 Å². The number of β-lactam (4-membered cyclic amide) rings is 1. The van der Waals surface area contributed by atoms with Crippen LogP contribution in [0.4, 0.5) is 10.5 Å². The van der Waals surface area contributed by atoms with Gasteiger partial charge < -0.3 is 20.7 Å². The zero-order valence-electron chi connectivity index (χ0n) is 21.4. The van der Waals surface area contributed by atoms with Crippen LogP contribution >= 0.6 is 23.5 Å². The number of carboxylic acid groups (broad SMARTS) is 1. The summed E-state index contributed by atoms with van der Waals surface area (Å²) in [6.45, 7) is 0. The highest BCUT2D eigenvalue weighted by Crippen LogP contribution is 2.41. The summed E-state index contributed by atoms with van der Waals surface area (Å²) in [6, 6.07) is 11.8. The third-order valence-corrected chi connectivity index (χ3v) is 8.93. The molecular formula is C25H21N9O6S2. The summed E-state index contributed by atoms with van der Waals surface area (Å²) >= 11 is 2.54.